The normalized spacial score (nSPS) is 15.8. The fourth-order valence-electron chi connectivity index (χ4n) is 3.52. The summed E-state index contributed by atoms with van der Waals surface area (Å²) < 4.78 is 0. The average molecular weight is 310 g/mol. The first kappa shape index (κ1) is 14.6. The number of benzene rings is 2. The maximum atomic E-state index is 4.64. The molecule has 0 N–H and O–H groups in total. The standard InChI is InChI=1S/C22H18N2/c1-3-7-19(8-4-1)22(20-9-5-2-6-10-20)17-24-16-13-21(22)18-11-14-23-15-12-18/h1-16H,17H2. The molecule has 2 aromatic carbocycles. The Balaban J connectivity index is 2.00. The second-order valence-corrected chi connectivity index (χ2v) is 5.94. The van der Waals surface area contributed by atoms with Crippen LogP contribution in [-0.4, -0.2) is 17.7 Å². The lowest BCUT2D eigenvalue weighted by atomic mass is 9.66. The zero-order valence-electron chi connectivity index (χ0n) is 13.3. The van der Waals surface area contributed by atoms with E-state index in [4.69, 9.17) is 0 Å². The van der Waals surface area contributed by atoms with Gasteiger partial charge in [0.25, 0.3) is 0 Å². The molecule has 2 nitrogen and oxygen atoms in total. The lowest BCUT2D eigenvalue weighted by Crippen LogP contribution is -2.34. The number of rotatable bonds is 3. The van der Waals surface area contributed by atoms with Gasteiger partial charge in [0.1, 0.15) is 0 Å². The van der Waals surface area contributed by atoms with Crippen LogP contribution < -0.4 is 0 Å². The average Bonchev–Trinajstić information content (AvgIpc) is 2.70. The van der Waals surface area contributed by atoms with Crippen molar-refractivity contribution in [3.05, 3.63) is 108 Å². The van der Waals surface area contributed by atoms with E-state index < -0.39 is 0 Å². The van der Waals surface area contributed by atoms with Gasteiger partial charge in [-0.25, -0.2) is 0 Å². The fraction of sp³-hybridized carbons (Fsp3) is 0.0909. The molecular formula is C22H18N2. The van der Waals surface area contributed by atoms with Crippen molar-refractivity contribution in [2.45, 2.75) is 5.41 Å². The monoisotopic (exact) mass is 310 g/mol. The van der Waals surface area contributed by atoms with E-state index in [0.29, 0.717) is 6.54 Å². The first-order valence-electron chi connectivity index (χ1n) is 8.13. The highest BCUT2D eigenvalue weighted by Gasteiger charge is 2.39. The second kappa shape index (κ2) is 6.25. The van der Waals surface area contributed by atoms with Crippen LogP contribution in [0.25, 0.3) is 5.57 Å². The zero-order chi connectivity index (χ0) is 16.2. The molecule has 0 bridgehead atoms. The van der Waals surface area contributed by atoms with Crippen LogP contribution in [0.3, 0.4) is 0 Å². The van der Waals surface area contributed by atoms with E-state index >= 15 is 0 Å². The molecule has 1 aliphatic rings. The highest BCUT2D eigenvalue weighted by Crippen LogP contribution is 2.45. The lowest BCUT2D eigenvalue weighted by Gasteiger charge is -2.38. The highest BCUT2D eigenvalue weighted by atomic mass is 14.8. The third kappa shape index (κ3) is 2.37. The van der Waals surface area contributed by atoms with E-state index in [9.17, 15) is 0 Å². The molecule has 0 amide bonds. The smallest absolute Gasteiger partial charge is 0.0652 e. The number of aliphatic imine (C=N–C) groups is 1. The van der Waals surface area contributed by atoms with Crippen molar-refractivity contribution in [2.24, 2.45) is 4.99 Å². The van der Waals surface area contributed by atoms with Crippen molar-refractivity contribution >= 4 is 11.8 Å². The van der Waals surface area contributed by atoms with Crippen LogP contribution in [0, 0.1) is 0 Å². The maximum absolute atomic E-state index is 4.64. The van der Waals surface area contributed by atoms with Crippen molar-refractivity contribution in [2.75, 3.05) is 6.54 Å². The number of aromatic nitrogens is 1. The molecule has 2 heteroatoms. The molecule has 0 radical (unpaired) electrons. The van der Waals surface area contributed by atoms with Gasteiger partial charge in [-0.1, -0.05) is 60.7 Å². The Morgan fingerprint density at radius 2 is 1.29 bits per heavy atom. The molecule has 0 unspecified atom stereocenters. The molecule has 24 heavy (non-hydrogen) atoms. The van der Waals surface area contributed by atoms with Crippen LogP contribution in [-0.2, 0) is 5.41 Å². The summed E-state index contributed by atoms with van der Waals surface area (Å²) in [5.41, 5.74) is 4.69. The summed E-state index contributed by atoms with van der Waals surface area (Å²) in [6.07, 6.45) is 7.75. The predicted molar refractivity (Wildman–Crippen MR) is 99.2 cm³/mol. The summed E-state index contributed by atoms with van der Waals surface area (Å²) in [6, 6.07) is 25.5. The van der Waals surface area contributed by atoms with E-state index in [2.05, 4.69) is 88.8 Å². The SMILES string of the molecule is C1=NCC(c2ccccc2)(c2ccccc2)C(c2ccncc2)=C1. The fourth-order valence-corrected chi connectivity index (χ4v) is 3.52. The van der Waals surface area contributed by atoms with Gasteiger partial charge in [0, 0.05) is 18.6 Å². The molecule has 2 heterocycles. The van der Waals surface area contributed by atoms with E-state index in [1.54, 1.807) is 0 Å². The van der Waals surface area contributed by atoms with Gasteiger partial charge in [0.15, 0.2) is 0 Å². The molecule has 1 aromatic heterocycles. The Morgan fingerprint density at radius 1 is 0.708 bits per heavy atom. The Labute approximate surface area is 142 Å². The first-order chi connectivity index (χ1) is 11.9. The molecule has 3 aromatic rings. The van der Waals surface area contributed by atoms with E-state index in [1.807, 2.05) is 18.6 Å². The van der Waals surface area contributed by atoms with Gasteiger partial charge in [-0.3, -0.25) is 9.98 Å². The number of nitrogens with zero attached hydrogens (tertiary/aromatic N) is 2. The minimum Gasteiger partial charge on any atom is -0.292 e. The van der Waals surface area contributed by atoms with Crippen molar-refractivity contribution in [1.82, 2.24) is 4.98 Å². The van der Waals surface area contributed by atoms with Crippen LogP contribution in [0.1, 0.15) is 16.7 Å². The maximum Gasteiger partial charge on any atom is 0.0652 e. The molecule has 0 atom stereocenters. The lowest BCUT2D eigenvalue weighted by molar-refractivity contribution is 0.672. The third-order valence-electron chi connectivity index (χ3n) is 4.66. The first-order valence-corrected chi connectivity index (χ1v) is 8.13. The number of allylic oxidation sites excluding steroid dienone is 1. The molecule has 4 rings (SSSR count). The number of dihydropyridines is 1. The molecule has 116 valence electrons. The predicted octanol–water partition coefficient (Wildman–Crippen LogP) is 4.54. The Kier molecular flexibility index (Phi) is 3.80. The van der Waals surface area contributed by atoms with E-state index in [1.165, 1.54) is 22.3 Å². The molecule has 1 aliphatic heterocycles. The second-order valence-electron chi connectivity index (χ2n) is 5.94. The minimum absolute atomic E-state index is 0.279. The summed E-state index contributed by atoms with van der Waals surface area (Å²) in [5, 5.41) is 0. The van der Waals surface area contributed by atoms with Crippen LogP contribution in [0.4, 0.5) is 0 Å². The van der Waals surface area contributed by atoms with Gasteiger partial charge in [-0.2, -0.15) is 0 Å². The summed E-state index contributed by atoms with van der Waals surface area (Å²) in [7, 11) is 0. The van der Waals surface area contributed by atoms with Gasteiger partial charge >= 0.3 is 0 Å². The van der Waals surface area contributed by atoms with Crippen molar-refractivity contribution in [3.8, 4) is 0 Å². The van der Waals surface area contributed by atoms with Crippen LogP contribution in [0.2, 0.25) is 0 Å². The Morgan fingerprint density at radius 3 is 1.88 bits per heavy atom. The third-order valence-corrected chi connectivity index (χ3v) is 4.66. The van der Waals surface area contributed by atoms with E-state index in [0.717, 1.165) is 0 Å². The van der Waals surface area contributed by atoms with Crippen molar-refractivity contribution < 1.29 is 0 Å². The number of hydrogen-bond donors (Lipinski definition) is 0. The van der Waals surface area contributed by atoms with Gasteiger partial charge in [-0.05, 0) is 40.5 Å². The largest absolute Gasteiger partial charge is 0.292 e. The Bertz CT molecular complexity index is 826. The molecule has 0 spiro atoms. The summed E-state index contributed by atoms with van der Waals surface area (Å²) in [4.78, 5) is 8.81. The highest BCUT2D eigenvalue weighted by molar-refractivity contribution is 5.93. The van der Waals surface area contributed by atoms with Crippen LogP contribution in [0.15, 0.2) is 96.3 Å². The topological polar surface area (TPSA) is 25.2 Å². The molecule has 0 fully saturated rings. The van der Waals surface area contributed by atoms with Crippen molar-refractivity contribution in [3.63, 3.8) is 0 Å². The quantitative estimate of drug-likeness (QED) is 0.697. The Hall–Kier alpha value is -3.00. The molecule has 0 saturated heterocycles. The summed E-state index contributed by atoms with van der Waals surface area (Å²) in [6.45, 7) is 0.704. The number of hydrogen-bond acceptors (Lipinski definition) is 2. The van der Waals surface area contributed by atoms with E-state index in [-0.39, 0.29) is 5.41 Å². The van der Waals surface area contributed by atoms with Crippen LogP contribution >= 0.6 is 0 Å². The van der Waals surface area contributed by atoms with Crippen LogP contribution in [0.5, 0.6) is 0 Å². The molecule has 0 saturated carbocycles. The minimum atomic E-state index is -0.279. The van der Waals surface area contributed by atoms with Crippen molar-refractivity contribution in [1.29, 1.82) is 0 Å². The molecular weight excluding hydrogens is 292 g/mol. The van der Waals surface area contributed by atoms with Gasteiger partial charge in [0.05, 0.1) is 12.0 Å². The molecule has 0 aliphatic carbocycles. The van der Waals surface area contributed by atoms with Gasteiger partial charge < -0.3 is 0 Å². The van der Waals surface area contributed by atoms with Gasteiger partial charge in [0.2, 0.25) is 0 Å². The number of pyridine rings is 1. The summed E-state index contributed by atoms with van der Waals surface area (Å²) in [5.74, 6) is 0. The zero-order valence-corrected chi connectivity index (χ0v) is 13.3. The summed E-state index contributed by atoms with van der Waals surface area (Å²) >= 11 is 0. The van der Waals surface area contributed by atoms with Gasteiger partial charge in [-0.15, -0.1) is 0 Å².